The second kappa shape index (κ2) is 5.83. The van der Waals surface area contributed by atoms with E-state index in [2.05, 4.69) is 42.0 Å². The molecule has 0 radical (unpaired) electrons. The molecule has 1 N–H and O–H groups in total. The number of nitrogens with zero attached hydrogens (tertiary/aromatic N) is 6. The van der Waals surface area contributed by atoms with Gasteiger partial charge in [0.05, 0.1) is 5.39 Å². The normalized spacial score (nSPS) is 17.8. The number of aromatic nitrogens is 5. The minimum absolute atomic E-state index is 0.417. The molecule has 0 aromatic carbocycles. The van der Waals surface area contributed by atoms with Crippen LogP contribution in [0.15, 0.2) is 36.9 Å². The van der Waals surface area contributed by atoms with E-state index in [9.17, 15) is 0 Å². The Bertz CT molecular complexity index is 785. The summed E-state index contributed by atoms with van der Waals surface area (Å²) in [5, 5.41) is 9.32. The van der Waals surface area contributed by atoms with Gasteiger partial charge in [-0.2, -0.15) is 5.10 Å². The largest absolute Gasteiger partial charge is 0.357 e. The molecule has 4 heterocycles. The molecule has 4 rings (SSSR count). The molecule has 1 atom stereocenters. The Labute approximate surface area is 134 Å². The van der Waals surface area contributed by atoms with Crippen LogP contribution < -0.4 is 9.80 Å². The van der Waals surface area contributed by atoms with Crippen LogP contribution in [0.3, 0.4) is 0 Å². The van der Waals surface area contributed by atoms with Crippen LogP contribution in [0.1, 0.15) is 12.8 Å². The van der Waals surface area contributed by atoms with Crippen LogP contribution in [0.4, 0.5) is 11.6 Å². The van der Waals surface area contributed by atoms with Crippen LogP contribution in [0.25, 0.3) is 11.0 Å². The number of hydrogen-bond acceptors (Lipinski definition) is 6. The van der Waals surface area contributed by atoms with Gasteiger partial charge < -0.3 is 14.8 Å². The predicted molar refractivity (Wildman–Crippen MR) is 89.6 cm³/mol. The lowest BCUT2D eigenvalue weighted by Crippen LogP contribution is -2.39. The molecule has 1 aliphatic heterocycles. The van der Waals surface area contributed by atoms with Crippen molar-refractivity contribution in [2.75, 3.05) is 29.9 Å². The SMILES string of the molecule is CN(CC1CCCN1c1cccnn1)c1ncnc2[nH]ccc12. The monoisotopic (exact) mass is 309 g/mol. The Balaban J connectivity index is 1.56. The molecule has 0 saturated carbocycles. The van der Waals surface area contributed by atoms with Gasteiger partial charge >= 0.3 is 0 Å². The van der Waals surface area contributed by atoms with Gasteiger partial charge in [0.25, 0.3) is 0 Å². The summed E-state index contributed by atoms with van der Waals surface area (Å²) in [6.45, 7) is 1.93. The first-order valence-corrected chi connectivity index (χ1v) is 7.86. The fourth-order valence-electron chi connectivity index (χ4n) is 3.34. The van der Waals surface area contributed by atoms with Crippen LogP contribution in [0, 0.1) is 0 Å². The number of H-pyrrole nitrogens is 1. The van der Waals surface area contributed by atoms with Crippen LogP contribution in [-0.2, 0) is 0 Å². The molecule has 23 heavy (non-hydrogen) atoms. The molecule has 1 saturated heterocycles. The molecular weight excluding hydrogens is 290 g/mol. The smallest absolute Gasteiger partial charge is 0.151 e. The van der Waals surface area contributed by atoms with Crippen molar-refractivity contribution in [3.63, 3.8) is 0 Å². The van der Waals surface area contributed by atoms with Gasteiger partial charge in [-0.25, -0.2) is 9.97 Å². The van der Waals surface area contributed by atoms with Crippen molar-refractivity contribution in [3.8, 4) is 0 Å². The molecule has 7 heteroatoms. The van der Waals surface area contributed by atoms with E-state index in [0.29, 0.717) is 6.04 Å². The summed E-state index contributed by atoms with van der Waals surface area (Å²) in [4.78, 5) is 16.4. The van der Waals surface area contributed by atoms with Gasteiger partial charge in [0.1, 0.15) is 17.8 Å². The molecule has 1 unspecified atom stereocenters. The highest BCUT2D eigenvalue weighted by atomic mass is 15.3. The van der Waals surface area contributed by atoms with Crippen molar-refractivity contribution in [2.24, 2.45) is 0 Å². The summed E-state index contributed by atoms with van der Waals surface area (Å²) in [6, 6.07) is 6.41. The maximum Gasteiger partial charge on any atom is 0.151 e. The van der Waals surface area contributed by atoms with Crippen LogP contribution in [0.2, 0.25) is 0 Å². The lowest BCUT2D eigenvalue weighted by Gasteiger charge is -2.29. The topological polar surface area (TPSA) is 73.8 Å². The van der Waals surface area contributed by atoms with E-state index in [1.165, 1.54) is 6.42 Å². The van der Waals surface area contributed by atoms with Crippen molar-refractivity contribution in [3.05, 3.63) is 36.9 Å². The second-order valence-electron chi connectivity index (χ2n) is 5.89. The zero-order valence-electron chi connectivity index (χ0n) is 13.1. The highest BCUT2D eigenvalue weighted by Gasteiger charge is 2.27. The third-order valence-corrected chi connectivity index (χ3v) is 4.41. The minimum atomic E-state index is 0.417. The Morgan fingerprint density at radius 3 is 3.17 bits per heavy atom. The summed E-state index contributed by atoms with van der Waals surface area (Å²) >= 11 is 0. The third kappa shape index (κ3) is 2.58. The molecule has 0 aliphatic carbocycles. The van der Waals surface area contributed by atoms with Crippen molar-refractivity contribution in [2.45, 2.75) is 18.9 Å². The van der Waals surface area contributed by atoms with E-state index >= 15 is 0 Å². The lowest BCUT2D eigenvalue weighted by molar-refractivity contribution is 0.644. The number of nitrogens with one attached hydrogen (secondary N) is 1. The average Bonchev–Trinajstić information content (AvgIpc) is 3.24. The van der Waals surface area contributed by atoms with Gasteiger partial charge in [-0.15, -0.1) is 5.10 Å². The molecule has 1 aliphatic rings. The van der Waals surface area contributed by atoms with E-state index in [4.69, 9.17) is 0 Å². The van der Waals surface area contributed by atoms with Crippen LogP contribution in [0.5, 0.6) is 0 Å². The van der Waals surface area contributed by atoms with Gasteiger partial charge in [-0.3, -0.25) is 0 Å². The van der Waals surface area contributed by atoms with E-state index in [1.807, 2.05) is 24.4 Å². The Morgan fingerprint density at radius 1 is 1.35 bits per heavy atom. The molecule has 0 bridgehead atoms. The van der Waals surface area contributed by atoms with E-state index in [-0.39, 0.29) is 0 Å². The Hall–Kier alpha value is -2.70. The summed E-state index contributed by atoms with van der Waals surface area (Å²) in [5.74, 6) is 1.92. The van der Waals surface area contributed by atoms with Gasteiger partial charge in [-0.05, 0) is 31.0 Å². The van der Waals surface area contributed by atoms with Crippen molar-refractivity contribution >= 4 is 22.7 Å². The number of aromatic amines is 1. The zero-order chi connectivity index (χ0) is 15.6. The van der Waals surface area contributed by atoms with Crippen molar-refractivity contribution in [1.82, 2.24) is 25.1 Å². The lowest BCUT2D eigenvalue weighted by atomic mass is 10.2. The summed E-state index contributed by atoms with van der Waals surface area (Å²) in [7, 11) is 2.09. The molecule has 1 fully saturated rings. The fourth-order valence-corrected chi connectivity index (χ4v) is 3.34. The number of rotatable bonds is 4. The standard InChI is InChI=1S/C16H19N7/c1-22(16-13-6-8-17-15(13)18-11-19-16)10-12-4-3-9-23(12)14-5-2-7-20-21-14/h2,5-8,11-12H,3-4,9-10H2,1H3,(H,17,18,19). The quantitative estimate of drug-likeness (QED) is 0.793. The summed E-state index contributed by atoms with van der Waals surface area (Å²) < 4.78 is 0. The Kier molecular flexibility index (Phi) is 3.53. The molecule has 7 nitrogen and oxygen atoms in total. The van der Waals surface area contributed by atoms with Gasteiger partial charge in [-0.1, -0.05) is 0 Å². The minimum Gasteiger partial charge on any atom is -0.357 e. The van der Waals surface area contributed by atoms with Crippen molar-refractivity contribution < 1.29 is 0 Å². The first-order valence-electron chi connectivity index (χ1n) is 7.86. The highest BCUT2D eigenvalue weighted by Crippen LogP contribution is 2.26. The van der Waals surface area contributed by atoms with Crippen molar-refractivity contribution in [1.29, 1.82) is 0 Å². The second-order valence-corrected chi connectivity index (χ2v) is 5.89. The highest BCUT2D eigenvalue weighted by molar-refractivity contribution is 5.87. The number of anilines is 2. The fraction of sp³-hybridized carbons (Fsp3) is 0.375. The third-order valence-electron chi connectivity index (χ3n) is 4.41. The molecule has 0 spiro atoms. The van der Waals surface area contributed by atoms with Gasteiger partial charge in [0, 0.05) is 38.6 Å². The molecule has 3 aromatic rings. The number of fused-ring (bicyclic) bond motifs is 1. The zero-order valence-corrected chi connectivity index (χ0v) is 13.1. The molecule has 118 valence electrons. The van der Waals surface area contributed by atoms with Gasteiger partial charge in [0.2, 0.25) is 0 Å². The Morgan fingerprint density at radius 2 is 2.30 bits per heavy atom. The molecule has 3 aromatic heterocycles. The molecule has 0 amide bonds. The number of hydrogen-bond donors (Lipinski definition) is 1. The van der Waals surface area contributed by atoms with E-state index < -0.39 is 0 Å². The van der Waals surface area contributed by atoms with Crippen LogP contribution in [-0.4, -0.2) is 51.3 Å². The number of likely N-dealkylation sites (N-methyl/N-ethyl adjacent to an activating group) is 1. The van der Waals surface area contributed by atoms with Crippen LogP contribution >= 0.6 is 0 Å². The summed E-state index contributed by atoms with van der Waals surface area (Å²) in [5.41, 5.74) is 0.874. The average molecular weight is 309 g/mol. The first-order chi connectivity index (χ1) is 11.3. The van der Waals surface area contributed by atoms with E-state index in [0.717, 1.165) is 42.2 Å². The molecular formula is C16H19N7. The first kappa shape index (κ1) is 13.9. The van der Waals surface area contributed by atoms with Gasteiger partial charge in [0.15, 0.2) is 5.82 Å². The maximum atomic E-state index is 4.47. The summed E-state index contributed by atoms with van der Waals surface area (Å²) in [6.07, 6.45) is 7.56. The maximum absolute atomic E-state index is 4.47. The predicted octanol–water partition coefficient (Wildman–Crippen LogP) is 1.85. The van der Waals surface area contributed by atoms with E-state index in [1.54, 1.807) is 12.5 Å².